The molecule has 0 radical (unpaired) electrons. The normalized spacial score (nSPS) is 14.0. The summed E-state index contributed by atoms with van der Waals surface area (Å²) in [6.45, 7) is 13.2. The zero-order valence-electron chi connectivity index (χ0n) is 23.3. The molecule has 3 aromatic carbocycles. The Labute approximate surface area is 232 Å². The van der Waals surface area contributed by atoms with Crippen LogP contribution in [0.25, 0.3) is 28.0 Å². The van der Waals surface area contributed by atoms with Gasteiger partial charge in [0.25, 0.3) is 0 Å². The number of ketones is 1. The van der Waals surface area contributed by atoms with Gasteiger partial charge < -0.3 is 25.6 Å². The number of ether oxygens (including phenoxy) is 1. The summed E-state index contributed by atoms with van der Waals surface area (Å²) in [6, 6.07) is 23.4. The van der Waals surface area contributed by atoms with Crippen LogP contribution in [-0.2, 0) is 4.79 Å². The van der Waals surface area contributed by atoms with Crippen LogP contribution >= 0.6 is 0 Å². The van der Waals surface area contributed by atoms with Crippen LogP contribution in [-0.4, -0.2) is 47.4 Å². The minimum absolute atomic E-state index is 0.188. The lowest BCUT2D eigenvalue weighted by atomic mass is 9.98. The summed E-state index contributed by atoms with van der Waals surface area (Å²) in [4.78, 5) is 12.0. The van der Waals surface area contributed by atoms with Gasteiger partial charge >= 0.3 is 0 Å². The van der Waals surface area contributed by atoms with Crippen molar-refractivity contribution in [2.24, 2.45) is 0 Å². The molecule has 0 heterocycles. The zero-order chi connectivity index (χ0) is 28.5. The van der Waals surface area contributed by atoms with Crippen LogP contribution in [0.5, 0.6) is 5.75 Å². The standard InChI is InChI=1S/C33H40N2O4/c1-7-30(38)20-32(22(3)35-33(23(4)36)24(5)37)34-21(2)25-8-10-26(11-9-25)27-12-14-28(15-13-27)29-16-18-31(39-6)19-17-29/h8-19,23,30,32-36,38H,2-3,7,20H2,1,4-6H3/t23-,30+,32?,33+/m1/s1. The molecule has 6 heteroatoms. The molecule has 3 aromatic rings. The molecule has 0 amide bonds. The number of hydrogen-bond donors (Lipinski definition) is 4. The van der Waals surface area contributed by atoms with E-state index < -0.39 is 24.3 Å². The van der Waals surface area contributed by atoms with Gasteiger partial charge in [-0.15, -0.1) is 0 Å². The van der Waals surface area contributed by atoms with E-state index in [0.717, 1.165) is 33.6 Å². The Morgan fingerprint density at radius 2 is 1.31 bits per heavy atom. The number of aliphatic hydroxyl groups excluding tert-OH is 2. The molecular weight excluding hydrogens is 488 g/mol. The minimum atomic E-state index is -0.878. The summed E-state index contributed by atoms with van der Waals surface area (Å²) < 4.78 is 5.24. The molecule has 39 heavy (non-hydrogen) atoms. The van der Waals surface area contributed by atoms with E-state index in [1.807, 2.05) is 55.5 Å². The number of nitrogens with one attached hydrogen (secondary N) is 2. The molecule has 0 aliphatic carbocycles. The quantitative estimate of drug-likeness (QED) is 0.219. The molecule has 1 unspecified atom stereocenters. The highest BCUT2D eigenvalue weighted by Crippen LogP contribution is 2.27. The molecule has 0 bridgehead atoms. The summed E-state index contributed by atoms with van der Waals surface area (Å²) in [7, 11) is 1.66. The Morgan fingerprint density at radius 1 is 0.846 bits per heavy atom. The van der Waals surface area contributed by atoms with E-state index in [1.165, 1.54) is 6.92 Å². The number of methoxy groups -OCH3 is 1. The average Bonchev–Trinajstić information content (AvgIpc) is 2.95. The highest BCUT2D eigenvalue weighted by molar-refractivity contribution is 5.82. The van der Waals surface area contributed by atoms with E-state index >= 15 is 0 Å². The number of carbonyl (C=O) groups excluding carboxylic acids is 1. The average molecular weight is 529 g/mol. The highest BCUT2D eigenvalue weighted by atomic mass is 16.5. The molecular formula is C33H40N2O4. The Bertz CT molecular complexity index is 1250. The fourth-order valence-electron chi connectivity index (χ4n) is 4.39. The first-order valence-electron chi connectivity index (χ1n) is 13.3. The van der Waals surface area contributed by atoms with E-state index in [4.69, 9.17) is 4.74 Å². The fraction of sp³-hybridized carbons (Fsp3) is 0.303. The van der Waals surface area contributed by atoms with Gasteiger partial charge in [-0.1, -0.05) is 80.7 Å². The maximum Gasteiger partial charge on any atom is 0.154 e. The van der Waals surface area contributed by atoms with Crippen molar-refractivity contribution in [2.75, 3.05) is 7.11 Å². The second-order valence-corrected chi connectivity index (χ2v) is 9.85. The minimum Gasteiger partial charge on any atom is -0.497 e. The Balaban J connectivity index is 1.71. The molecule has 0 aromatic heterocycles. The first-order chi connectivity index (χ1) is 18.6. The summed E-state index contributed by atoms with van der Waals surface area (Å²) >= 11 is 0. The highest BCUT2D eigenvalue weighted by Gasteiger charge is 2.24. The molecule has 6 nitrogen and oxygen atoms in total. The van der Waals surface area contributed by atoms with Crippen molar-refractivity contribution >= 4 is 11.5 Å². The topological polar surface area (TPSA) is 90.8 Å². The Kier molecular flexibility index (Phi) is 10.5. The van der Waals surface area contributed by atoms with Gasteiger partial charge in [0, 0.05) is 11.4 Å². The lowest BCUT2D eigenvalue weighted by Gasteiger charge is -2.29. The molecule has 4 atom stereocenters. The maximum atomic E-state index is 12.0. The van der Waals surface area contributed by atoms with Crippen LogP contribution < -0.4 is 15.4 Å². The number of aliphatic hydroxyl groups is 2. The van der Waals surface area contributed by atoms with E-state index in [-0.39, 0.29) is 5.78 Å². The maximum absolute atomic E-state index is 12.0. The second kappa shape index (κ2) is 13.8. The van der Waals surface area contributed by atoms with Gasteiger partial charge in [0.2, 0.25) is 0 Å². The lowest BCUT2D eigenvalue weighted by Crippen LogP contribution is -2.48. The first kappa shape index (κ1) is 29.7. The summed E-state index contributed by atoms with van der Waals surface area (Å²) in [5.41, 5.74) is 6.53. The first-order valence-corrected chi connectivity index (χ1v) is 13.3. The second-order valence-electron chi connectivity index (χ2n) is 9.85. The fourth-order valence-corrected chi connectivity index (χ4v) is 4.39. The van der Waals surface area contributed by atoms with Crippen LogP contribution in [0.2, 0.25) is 0 Å². The third-order valence-corrected chi connectivity index (χ3v) is 6.88. The summed E-state index contributed by atoms with van der Waals surface area (Å²) in [6.07, 6.45) is -0.475. The zero-order valence-corrected chi connectivity index (χ0v) is 23.3. The van der Waals surface area contributed by atoms with Crippen LogP contribution in [0.3, 0.4) is 0 Å². The summed E-state index contributed by atoms with van der Waals surface area (Å²) in [5, 5.41) is 26.7. The molecule has 0 aliphatic rings. The molecule has 4 N–H and O–H groups in total. The van der Waals surface area contributed by atoms with Crippen molar-refractivity contribution in [1.29, 1.82) is 0 Å². The SMILES string of the molecule is C=C(NC(C[C@@H](O)CC)C(=C)N[C@H](C(C)=O)[C@@H](C)O)c1ccc(-c2ccc(-c3ccc(OC)cc3)cc2)cc1. The van der Waals surface area contributed by atoms with Gasteiger partial charge in [-0.25, -0.2) is 0 Å². The molecule has 0 aliphatic heterocycles. The van der Waals surface area contributed by atoms with Crippen molar-refractivity contribution in [3.8, 4) is 28.0 Å². The Morgan fingerprint density at radius 3 is 1.72 bits per heavy atom. The van der Waals surface area contributed by atoms with Crippen molar-refractivity contribution in [3.05, 3.63) is 97.2 Å². The molecule has 0 saturated heterocycles. The number of Topliss-reactive ketones (excluding diaryl/α,β-unsaturated/α-hetero) is 1. The third kappa shape index (κ3) is 8.06. The van der Waals surface area contributed by atoms with Gasteiger partial charge in [-0.2, -0.15) is 0 Å². The van der Waals surface area contributed by atoms with Gasteiger partial charge in [0.15, 0.2) is 5.78 Å². The van der Waals surface area contributed by atoms with E-state index in [2.05, 4.69) is 48.1 Å². The van der Waals surface area contributed by atoms with E-state index in [9.17, 15) is 15.0 Å². The molecule has 0 spiro atoms. The van der Waals surface area contributed by atoms with Crippen molar-refractivity contribution < 1.29 is 19.7 Å². The lowest BCUT2D eigenvalue weighted by molar-refractivity contribution is -0.121. The third-order valence-electron chi connectivity index (χ3n) is 6.88. The molecule has 0 saturated carbocycles. The van der Waals surface area contributed by atoms with Crippen molar-refractivity contribution in [1.82, 2.24) is 10.6 Å². The van der Waals surface area contributed by atoms with Gasteiger partial charge in [-0.05, 0) is 66.6 Å². The number of carbonyl (C=O) groups is 1. The van der Waals surface area contributed by atoms with Gasteiger partial charge in [0.1, 0.15) is 11.8 Å². The largest absolute Gasteiger partial charge is 0.497 e. The van der Waals surface area contributed by atoms with Gasteiger partial charge in [0.05, 0.1) is 25.4 Å². The number of rotatable bonds is 14. The Hall–Kier alpha value is -3.87. The van der Waals surface area contributed by atoms with Crippen LogP contribution in [0, 0.1) is 0 Å². The van der Waals surface area contributed by atoms with Crippen LogP contribution in [0.4, 0.5) is 0 Å². The van der Waals surface area contributed by atoms with Crippen LogP contribution in [0.15, 0.2) is 91.7 Å². The van der Waals surface area contributed by atoms with Crippen molar-refractivity contribution in [3.63, 3.8) is 0 Å². The molecule has 3 rings (SSSR count). The number of benzene rings is 3. The predicted molar refractivity (Wildman–Crippen MR) is 159 cm³/mol. The number of hydrogen-bond acceptors (Lipinski definition) is 6. The summed E-state index contributed by atoms with van der Waals surface area (Å²) in [5.74, 6) is 0.646. The van der Waals surface area contributed by atoms with E-state index in [1.54, 1.807) is 14.0 Å². The molecule has 0 fully saturated rings. The van der Waals surface area contributed by atoms with Gasteiger partial charge in [-0.3, -0.25) is 4.79 Å². The molecule has 206 valence electrons. The van der Waals surface area contributed by atoms with Crippen LogP contribution in [0.1, 0.15) is 39.2 Å². The van der Waals surface area contributed by atoms with E-state index in [0.29, 0.717) is 24.2 Å². The monoisotopic (exact) mass is 528 g/mol. The predicted octanol–water partition coefficient (Wildman–Crippen LogP) is 5.56. The van der Waals surface area contributed by atoms with Crippen molar-refractivity contribution in [2.45, 2.75) is 57.9 Å². The smallest absolute Gasteiger partial charge is 0.154 e.